The molecule has 7 nitrogen and oxygen atoms in total. The normalized spacial score (nSPS) is 20.3. The molecule has 154 valence electrons. The summed E-state index contributed by atoms with van der Waals surface area (Å²) in [6.45, 7) is 0. The average molecular weight is 454 g/mol. The summed E-state index contributed by atoms with van der Waals surface area (Å²) in [5, 5.41) is 0.423. The van der Waals surface area contributed by atoms with Gasteiger partial charge in [-0.25, -0.2) is 25.5 Å². The largest absolute Gasteiger partial charge is 0.326 e. The molecular formula is C19H20ClN3O4S2. The molecule has 0 spiro atoms. The monoisotopic (exact) mass is 453 g/mol. The molecule has 3 aromatic rings. The summed E-state index contributed by atoms with van der Waals surface area (Å²) in [6.07, 6.45) is 2.14. The van der Waals surface area contributed by atoms with E-state index in [1.807, 2.05) is 0 Å². The van der Waals surface area contributed by atoms with E-state index < -0.39 is 26.1 Å². The smallest absolute Gasteiger partial charge is 0.269 e. The number of fused-ring (bicyclic) bond motifs is 1. The Bertz CT molecular complexity index is 1270. The van der Waals surface area contributed by atoms with Crippen LogP contribution in [0.5, 0.6) is 0 Å². The Morgan fingerprint density at radius 2 is 1.72 bits per heavy atom. The predicted octanol–water partition coefficient (Wildman–Crippen LogP) is 2.69. The van der Waals surface area contributed by atoms with Crippen LogP contribution in [0, 0.1) is 0 Å². The Kier molecular flexibility index (Phi) is 5.20. The number of halogens is 1. The molecule has 1 aliphatic carbocycles. The zero-order valence-corrected chi connectivity index (χ0v) is 17.7. The number of nitrogens with zero attached hydrogens (tertiary/aromatic N) is 1. The lowest BCUT2D eigenvalue weighted by Gasteiger charge is -2.18. The van der Waals surface area contributed by atoms with Crippen LogP contribution in [0.15, 0.2) is 64.5 Å². The van der Waals surface area contributed by atoms with E-state index in [1.165, 1.54) is 36.4 Å². The third kappa shape index (κ3) is 3.69. The number of benzene rings is 2. The maximum Gasteiger partial charge on any atom is 0.269 e. The number of hydrogen-bond acceptors (Lipinski definition) is 5. The Hall–Kier alpha value is -1.91. The van der Waals surface area contributed by atoms with Crippen LogP contribution in [0.2, 0.25) is 5.02 Å². The number of aromatic nitrogens is 1. The summed E-state index contributed by atoms with van der Waals surface area (Å²) in [4.78, 5) is -0.0125. The summed E-state index contributed by atoms with van der Waals surface area (Å²) in [6, 6.07) is 12.8. The van der Waals surface area contributed by atoms with Crippen molar-refractivity contribution >= 4 is 42.6 Å². The standard InChI is InChI=1S/C19H20ClN3O4S2/c20-14-9-10-18-13(11-14)12-19(28(24,25)22-17-8-4-7-16(17)21)23(18)29(26,27)15-5-2-1-3-6-15/h1-3,5-6,9-12,16-17,22H,4,7-8,21H2/t16-,17+/m1/s1. The number of nitrogens with one attached hydrogen (secondary N) is 1. The SMILES string of the molecule is N[C@@H]1CCC[C@@H]1NS(=O)(=O)c1cc2cc(Cl)ccc2n1S(=O)(=O)c1ccccc1. The number of rotatable bonds is 5. The van der Waals surface area contributed by atoms with E-state index >= 15 is 0 Å². The molecule has 0 radical (unpaired) electrons. The van der Waals surface area contributed by atoms with Gasteiger partial charge in [-0.2, -0.15) is 0 Å². The molecule has 4 rings (SSSR count). The molecule has 1 heterocycles. The molecule has 1 aromatic heterocycles. The molecule has 0 unspecified atom stereocenters. The molecular weight excluding hydrogens is 434 g/mol. The first-order chi connectivity index (χ1) is 13.7. The van der Waals surface area contributed by atoms with Crippen molar-refractivity contribution in [2.75, 3.05) is 0 Å². The van der Waals surface area contributed by atoms with Gasteiger partial charge in [0.1, 0.15) is 0 Å². The van der Waals surface area contributed by atoms with Gasteiger partial charge < -0.3 is 5.73 Å². The predicted molar refractivity (Wildman–Crippen MR) is 112 cm³/mol. The number of hydrogen-bond donors (Lipinski definition) is 2. The van der Waals surface area contributed by atoms with Crippen LogP contribution in [0.4, 0.5) is 0 Å². The van der Waals surface area contributed by atoms with E-state index in [0.717, 1.165) is 10.4 Å². The molecule has 0 saturated heterocycles. The molecule has 2 atom stereocenters. The van der Waals surface area contributed by atoms with Crippen LogP contribution in [-0.2, 0) is 20.0 Å². The van der Waals surface area contributed by atoms with Crippen molar-refractivity contribution in [3.8, 4) is 0 Å². The lowest BCUT2D eigenvalue weighted by atomic mass is 10.2. The lowest BCUT2D eigenvalue weighted by molar-refractivity contribution is 0.518. The summed E-state index contributed by atoms with van der Waals surface area (Å²) in [5.41, 5.74) is 6.24. The molecule has 0 amide bonds. The number of sulfonamides is 1. The summed E-state index contributed by atoms with van der Waals surface area (Å²) >= 11 is 6.04. The van der Waals surface area contributed by atoms with Crippen LogP contribution in [0.1, 0.15) is 19.3 Å². The summed E-state index contributed by atoms with van der Waals surface area (Å²) in [5.74, 6) is 0. The first-order valence-electron chi connectivity index (χ1n) is 9.10. The van der Waals surface area contributed by atoms with E-state index in [2.05, 4.69) is 4.72 Å². The molecule has 2 aromatic carbocycles. The highest BCUT2D eigenvalue weighted by Gasteiger charge is 2.34. The van der Waals surface area contributed by atoms with Gasteiger partial charge in [0.2, 0.25) is 0 Å². The van der Waals surface area contributed by atoms with Crippen molar-refractivity contribution in [3.05, 3.63) is 59.6 Å². The summed E-state index contributed by atoms with van der Waals surface area (Å²) in [7, 11) is -8.34. The van der Waals surface area contributed by atoms with E-state index in [-0.39, 0.29) is 21.5 Å². The molecule has 29 heavy (non-hydrogen) atoms. The second-order valence-electron chi connectivity index (χ2n) is 7.09. The van der Waals surface area contributed by atoms with Crippen molar-refractivity contribution in [3.63, 3.8) is 0 Å². The van der Waals surface area contributed by atoms with Gasteiger partial charge in [-0.05, 0) is 49.2 Å². The van der Waals surface area contributed by atoms with Crippen LogP contribution in [0.3, 0.4) is 0 Å². The molecule has 1 saturated carbocycles. The minimum Gasteiger partial charge on any atom is -0.326 e. The maximum atomic E-state index is 13.4. The van der Waals surface area contributed by atoms with Gasteiger partial charge in [0.25, 0.3) is 20.0 Å². The Morgan fingerprint density at radius 3 is 2.38 bits per heavy atom. The van der Waals surface area contributed by atoms with Crippen LogP contribution in [0.25, 0.3) is 10.9 Å². The van der Waals surface area contributed by atoms with Gasteiger partial charge in [0, 0.05) is 22.5 Å². The van der Waals surface area contributed by atoms with Gasteiger partial charge in [-0.15, -0.1) is 0 Å². The van der Waals surface area contributed by atoms with Crippen LogP contribution < -0.4 is 10.5 Å². The first kappa shape index (κ1) is 20.4. The van der Waals surface area contributed by atoms with Gasteiger partial charge in [-0.3, -0.25) is 0 Å². The van der Waals surface area contributed by atoms with E-state index in [0.29, 0.717) is 23.3 Å². The highest BCUT2D eigenvalue weighted by Crippen LogP contribution is 2.31. The van der Waals surface area contributed by atoms with Crippen molar-refractivity contribution in [1.82, 2.24) is 8.69 Å². The summed E-state index contributed by atoms with van der Waals surface area (Å²) < 4.78 is 56.6. The van der Waals surface area contributed by atoms with Crippen LogP contribution >= 0.6 is 11.6 Å². The first-order valence-corrected chi connectivity index (χ1v) is 12.4. The third-order valence-electron chi connectivity index (χ3n) is 5.12. The highest BCUT2D eigenvalue weighted by atomic mass is 35.5. The zero-order chi connectivity index (χ0) is 20.8. The topological polar surface area (TPSA) is 111 Å². The minimum absolute atomic E-state index is 0.0125. The molecule has 0 bridgehead atoms. The Morgan fingerprint density at radius 1 is 1.00 bits per heavy atom. The second kappa shape index (κ2) is 7.41. The van der Waals surface area contributed by atoms with Crippen molar-refractivity contribution in [1.29, 1.82) is 0 Å². The molecule has 10 heteroatoms. The van der Waals surface area contributed by atoms with Gasteiger partial charge in [0.05, 0.1) is 10.4 Å². The second-order valence-corrected chi connectivity index (χ2v) is 11.0. The maximum absolute atomic E-state index is 13.4. The fraction of sp³-hybridized carbons (Fsp3) is 0.263. The number of nitrogens with two attached hydrogens (primary N) is 1. The van der Waals surface area contributed by atoms with Crippen molar-refractivity contribution in [2.45, 2.75) is 41.3 Å². The Labute approximate surface area is 174 Å². The lowest BCUT2D eigenvalue weighted by Crippen LogP contribution is -2.44. The van der Waals surface area contributed by atoms with Gasteiger partial charge >= 0.3 is 0 Å². The van der Waals surface area contributed by atoms with E-state index in [9.17, 15) is 16.8 Å². The zero-order valence-electron chi connectivity index (χ0n) is 15.3. The molecule has 0 aliphatic heterocycles. The van der Waals surface area contributed by atoms with E-state index in [1.54, 1.807) is 18.2 Å². The van der Waals surface area contributed by atoms with Crippen LogP contribution in [-0.4, -0.2) is 32.9 Å². The van der Waals surface area contributed by atoms with Gasteiger partial charge in [0.15, 0.2) is 5.03 Å². The average Bonchev–Trinajstić information content (AvgIpc) is 3.26. The van der Waals surface area contributed by atoms with Crippen molar-refractivity contribution in [2.24, 2.45) is 5.73 Å². The minimum atomic E-state index is -4.17. The third-order valence-corrected chi connectivity index (χ3v) is 8.68. The highest BCUT2D eigenvalue weighted by molar-refractivity contribution is 7.92. The fourth-order valence-corrected chi connectivity index (χ4v) is 7.27. The molecule has 1 fully saturated rings. The quantitative estimate of drug-likeness (QED) is 0.616. The van der Waals surface area contributed by atoms with E-state index in [4.69, 9.17) is 17.3 Å². The molecule has 1 aliphatic rings. The fourth-order valence-electron chi connectivity index (χ4n) is 3.66. The van der Waals surface area contributed by atoms with Gasteiger partial charge in [-0.1, -0.05) is 36.2 Å². The molecule has 3 N–H and O–H groups in total. The van der Waals surface area contributed by atoms with Crippen molar-refractivity contribution < 1.29 is 16.8 Å². The Balaban J connectivity index is 1.94.